The third kappa shape index (κ3) is 46.4. The van der Waals surface area contributed by atoms with Gasteiger partial charge in [-0.3, -0.25) is 9.59 Å². The molecular weight excluding hydrogens is 791 g/mol. The topological polar surface area (TPSA) is 95.9 Å². The van der Waals surface area contributed by atoms with E-state index in [9.17, 15) is 19.8 Å². The van der Waals surface area contributed by atoms with Crippen LogP contribution in [0.5, 0.6) is 0 Å². The number of carbonyl (C=O) groups is 2. The first kappa shape index (κ1) is 61.8. The molecule has 6 nitrogen and oxygen atoms in total. The monoisotopic (exact) mass is 898 g/mol. The first-order chi connectivity index (χ1) is 31.5. The number of ether oxygens (including phenoxy) is 1. The van der Waals surface area contributed by atoms with Crippen LogP contribution in [-0.2, 0) is 14.3 Å². The Labute approximate surface area is 397 Å². The van der Waals surface area contributed by atoms with Crippen LogP contribution < -0.4 is 5.32 Å². The Morgan fingerprint density at radius 2 is 0.812 bits per heavy atom. The summed E-state index contributed by atoms with van der Waals surface area (Å²) in [4.78, 5) is 26.2. The summed E-state index contributed by atoms with van der Waals surface area (Å²) in [5.41, 5.74) is 0. The van der Waals surface area contributed by atoms with Gasteiger partial charge in [0.15, 0.2) is 0 Å². The summed E-state index contributed by atoms with van der Waals surface area (Å²) < 4.78 is 5.91. The van der Waals surface area contributed by atoms with Crippen LogP contribution in [0.25, 0.3) is 0 Å². The van der Waals surface area contributed by atoms with Gasteiger partial charge in [-0.25, -0.2) is 0 Å². The molecule has 0 aromatic rings. The zero-order chi connectivity index (χ0) is 46.7. The number of aliphatic hydroxyl groups excluding tert-OH is 2. The maximum atomic E-state index is 13.2. The molecule has 0 saturated heterocycles. The average Bonchev–Trinajstić information content (AvgIpc) is 3.29. The van der Waals surface area contributed by atoms with Crippen LogP contribution in [0.15, 0.2) is 48.6 Å². The summed E-state index contributed by atoms with van der Waals surface area (Å²) in [6.07, 6.45) is 63.2. The van der Waals surface area contributed by atoms with Crippen LogP contribution in [0.1, 0.15) is 284 Å². The lowest BCUT2D eigenvalue weighted by atomic mass is 10.0. The molecule has 3 N–H and O–H groups in total. The largest absolute Gasteiger partial charge is 0.462 e. The molecule has 6 heteroatoms. The quantitative estimate of drug-likeness (QED) is 0.0321. The fourth-order valence-electron chi connectivity index (χ4n) is 8.38. The summed E-state index contributed by atoms with van der Waals surface area (Å²) >= 11 is 0. The number of unbranched alkanes of at least 4 members (excludes halogenated alkanes) is 30. The summed E-state index contributed by atoms with van der Waals surface area (Å²) in [7, 11) is 0. The molecule has 1 amide bonds. The standard InChI is InChI=1S/C58H107NO5/c1-4-7-10-13-16-19-22-24-26-28-30-32-35-38-41-44-47-50-56(61)55(53-60)59-57(62)52-54(49-46-43-40-37-34-21-18-15-12-9-6-3)64-58(63)51-48-45-42-39-36-33-31-29-27-25-23-20-17-14-11-8-5-2/h17,20,25,27,31,33,37,40,54-56,60-61H,4-16,18-19,21-24,26,28-30,32,34-36,38-39,41-53H2,1-3H3,(H,59,62)/b20-17-,27-25-,33-31-,40-37-. The van der Waals surface area contributed by atoms with E-state index in [0.717, 1.165) is 83.5 Å². The normalized spacial score (nSPS) is 13.5. The second-order valence-electron chi connectivity index (χ2n) is 19.0. The molecule has 0 aromatic heterocycles. The third-order valence-electron chi connectivity index (χ3n) is 12.6. The number of allylic oxidation sites excluding steroid dienone is 8. The van der Waals surface area contributed by atoms with Gasteiger partial charge in [0.1, 0.15) is 6.10 Å². The van der Waals surface area contributed by atoms with Crippen LogP contribution in [0.3, 0.4) is 0 Å². The van der Waals surface area contributed by atoms with Crippen molar-refractivity contribution in [2.45, 2.75) is 302 Å². The lowest BCUT2D eigenvalue weighted by molar-refractivity contribution is -0.151. The van der Waals surface area contributed by atoms with E-state index in [-0.39, 0.29) is 24.9 Å². The van der Waals surface area contributed by atoms with Gasteiger partial charge in [0, 0.05) is 6.42 Å². The van der Waals surface area contributed by atoms with Crippen molar-refractivity contribution in [1.29, 1.82) is 0 Å². The van der Waals surface area contributed by atoms with Gasteiger partial charge in [-0.15, -0.1) is 0 Å². The lowest BCUT2D eigenvalue weighted by Crippen LogP contribution is -2.46. The number of esters is 1. The van der Waals surface area contributed by atoms with Gasteiger partial charge in [-0.2, -0.15) is 0 Å². The highest BCUT2D eigenvalue weighted by molar-refractivity contribution is 5.77. The summed E-state index contributed by atoms with van der Waals surface area (Å²) in [5, 5.41) is 23.8. The summed E-state index contributed by atoms with van der Waals surface area (Å²) in [6.45, 7) is 6.45. The van der Waals surface area contributed by atoms with E-state index in [2.05, 4.69) is 74.7 Å². The van der Waals surface area contributed by atoms with Crippen molar-refractivity contribution in [1.82, 2.24) is 5.32 Å². The number of hydrogen-bond donors (Lipinski definition) is 3. The highest BCUT2D eigenvalue weighted by Gasteiger charge is 2.24. The van der Waals surface area contributed by atoms with E-state index in [1.807, 2.05) is 0 Å². The minimum atomic E-state index is -0.798. The number of amides is 1. The number of hydrogen-bond acceptors (Lipinski definition) is 5. The van der Waals surface area contributed by atoms with Gasteiger partial charge < -0.3 is 20.3 Å². The van der Waals surface area contributed by atoms with Gasteiger partial charge in [-0.05, 0) is 83.5 Å². The van der Waals surface area contributed by atoms with E-state index < -0.39 is 18.2 Å². The summed E-state index contributed by atoms with van der Waals surface area (Å²) in [6, 6.07) is -0.714. The van der Waals surface area contributed by atoms with Crippen molar-refractivity contribution >= 4 is 11.9 Å². The van der Waals surface area contributed by atoms with E-state index in [1.165, 1.54) is 154 Å². The molecule has 0 heterocycles. The molecular formula is C58H107NO5. The fourth-order valence-corrected chi connectivity index (χ4v) is 8.38. The molecule has 3 unspecified atom stereocenters. The molecule has 3 atom stereocenters. The first-order valence-electron chi connectivity index (χ1n) is 27.9. The smallest absolute Gasteiger partial charge is 0.306 e. The van der Waals surface area contributed by atoms with Crippen molar-refractivity contribution in [2.24, 2.45) is 0 Å². The van der Waals surface area contributed by atoms with E-state index in [0.29, 0.717) is 19.3 Å². The minimum Gasteiger partial charge on any atom is -0.462 e. The third-order valence-corrected chi connectivity index (χ3v) is 12.6. The van der Waals surface area contributed by atoms with Crippen molar-refractivity contribution in [3.05, 3.63) is 48.6 Å². The molecule has 374 valence electrons. The van der Waals surface area contributed by atoms with Crippen LogP contribution in [0, 0.1) is 0 Å². The molecule has 0 aliphatic carbocycles. The Bertz CT molecular complexity index is 1100. The maximum absolute atomic E-state index is 13.2. The van der Waals surface area contributed by atoms with E-state index in [4.69, 9.17) is 4.74 Å². The molecule has 0 rings (SSSR count). The zero-order valence-electron chi connectivity index (χ0n) is 42.7. The molecule has 0 saturated carbocycles. The van der Waals surface area contributed by atoms with Crippen LogP contribution in [0.4, 0.5) is 0 Å². The molecule has 0 spiro atoms. The second-order valence-corrected chi connectivity index (χ2v) is 19.0. The first-order valence-corrected chi connectivity index (χ1v) is 27.9. The van der Waals surface area contributed by atoms with Crippen molar-refractivity contribution in [3.63, 3.8) is 0 Å². The van der Waals surface area contributed by atoms with Crippen molar-refractivity contribution in [2.75, 3.05) is 6.61 Å². The van der Waals surface area contributed by atoms with Crippen LogP contribution in [0.2, 0.25) is 0 Å². The lowest BCUT2D eigenvalue weighted by Gasteiger charge is -2.24. The molecule has 0 aliphatic heterocycles. The molecule has 0 fully saturated rings. The Balaban J connectivity index is 4.52. The van der Waals surface area contributed by atoms with Crippen molar-refractivity contribution < 1.29 is 24.5 Å². The number of carbonyl (C=O) groups excluding carboxylic acids is 2. The Hall–Kier alpha value is -2.18. The average molecular weight is 898 g/mol. The number of rotatable bonds is 50. The summed E-state index contributed by atoms with van der Waals surface area (Å²) in [5.74, 6) is -0.522. The maximum Gasteiger partial charge on any atom is 0.306 e. The molecule has 0 bridgehead atoms. The number of nitrogens with one attached hydrogen (secondary N) is 1. The zero-order valence-corrected chi connectivity index (χ0v) is 42.7. The Kier molecular flexibility index (Phi) is 50.0. The number of aliphatic hydroxyl groups is 2. The highest BCUT2D eigenvalue weighted by atomic mass is 16.5. The Morgan fingerprint density at radius 3 is 1.28 bits per heavy atom. The predicted molar refractivity (Wildman–Crippen MR) is 278 cm³/mol. The SMILES string of the molecule is CCCCC/C=C\C/C=C\C/C=C\CCCCCCC(=O)OC(CCC/C=C\CCCCCCCC)CC(=O)NC(CO)C(O)CCCCCCCCCCCCCCCCCCC. The van der Waals surface area contributed by atoms with Gasteiger partial charge >= 0.3 is 5.97 Å². The van der Waals surface area contributed by atoms with Crippen LogP contribution in [-0.4, -0.2) is 46.9 Å². The van der Waals surface area contributed by atoms with E-state index >= 15 is 0 Å². The van der Waals surface area contributed by atoms with Gasteiger partial charge in [0.05, 0.1) is 25.2 Å². The molecule has 0 aromatic carbocycles. The molecule has 0 aliphatic rings. The van der Waals surface area contributed by atoms with Crippen LogP contribution >= 0.6 is 0 Å². The second kappa shape index (κ2) is 51.8. The predicted octanol–water partition coefficient (Wildman–Crippen LogP) is 17.0. The van der Waals surface area contributed by atoms with Gasteiger partial charge in [0.2, 0.25) is 5.91 Å². The molecule has 64 heavy (non-hydrogen) atoms. The van der Waals surface area contributed by atoms with Gasteiger partial charge in [0.25, 0.3) is 0 Å². The Morgan fingerprint density at radius 1 is 0.453 bits per heavy atom. The molecule has 0 radical (unpaired) electrons. The minimum absolute atomic E-state index is 0.0484. The van der Waals surface area contributed by atoms with Gasteiger partial charge in [-0.1, -0.05) is 236 Å². The fraction of sp³-hybridized carbons (Fsp3) is 0.828. The highest BCUT2D eigenvalue weighted by Crippen LogP contribution is 2.17. The van der Waals surface area contributed by atoms with Crippen molar-refractivity contribution in [3.8, 4) is 0 Å². The van der Waals surface area contributed by atoms with E-state index in [1.54, 1.807) is 0 Å².